The third-order valence-electron chi connectivity index (χ3n) is 3.26. The number of benzene rings is 1. The van der Waals surface area contributed by atoms with Crippen LogP contribution in [0.5, 0.6) is 0 Å². The van der Waals surface area contributed by atoms with Gasteiger partial charge in [-0.05, 0) is 38.5 Å². The number of halogens is 1. The second-order valence-electron chi connectivity index (χ2n) is 6.51. The van der Waals surface area contributed by atoms with Gasteiger partial charge in [0.1, 0.15) is 11.4 Å². The van der Waals surface area contributed by atoms with Gasteiger partial charge in [-0.15, -0.1) is 0 Å². The summed E-state index contributed by atoms with van der Waals surface area (Å²) in [5.74, 6) is 0.222. The third-order valence-corrected chi connectivity index (χ3v) is 3.26. The Morgan fingerprint density at radius 3 is 2.76 bits per heavy atom. The first kappa shape index (κ1) is 15.8. The Labute approximate surface area is 125 Å². The van der Waals surface area contributed by atoms with Gasteiger partial charge in [0.25, 0.3) is 0 Å². The van der Waals surface area contributed by atoms with E-state index in [4.69, 9.17) is 4.74 Å². The Bertz CT molecular complexity index is 493. The second kappa shape index (κ2) is 6.43. The van der Waals surface area contributed by atoms with Crippen LogP contribution in [0.15, 0.2) is 24.3 Å². The molecular formula is C16H23FN2O2. The predicted molar refractivity (Wildman–Crippen MR) is 79.4 cm³/mol. The summed E-state index contributed by atoms with van der Waals surface area (Å²) in [5.41, 5.74) is 0.482. The molecule has 1 fully saturated rings. The lowest BCUT2D eigenvalue weighted by Gasteiger charge is -2.39. The first-order chi connectivity index (χ1) is 9.83. The molecule has 5 heteroatoms. The van der Waals surface area contributed by atoms with Crippen molar-refractivity contribution in [3.63, 3.8) is 0 Å². The summed E-state index contributed by atoms with van der Waals surface area (Å²) in [6.07, 6.45) is -0.246. The highest BCUT2D eigenvalue weighted by Gasteiger charge is 2.33. The standard InChI is InChI=1S/C16H23FN2O2/c1-16(2,3)21-15(20)19-10-13(11-19)9-18-8-12-5-4-6-14(17)7-12/h4-7,13,18H,8-11H2,1-3H3. The van der Waals surface area contributed by atoms with Crippen molar-refractivity contribution in [3.05, 3.63) is 35.6 Å². The second-order valence-corrected chi connectivity index (χ2v) is 6.51. The van der Waals surface area contributed by atoms with Gasteiger partial charge in [-0.25, -0.2) is 9.18 Å². The minimum atomic E-state index is -0.447. The number of ether oxygens (including phenoxy) is 1. The molecule has 0 aromatic heterocycles. The maximum absolute atomic E-state index is 13.0. The smallest absolute Gasteiger partial charge is 0.410 e. The first-order valence-electron chi connectivity index (χ1n) is 7.26. The molecule has 2 rings (SSSR count). The molecule has 0 radical (unpaired) electrons. The predicted octanol–water partition coefficient (Wildman–Crippen LogP) is 2.78. The Morgan fingerprint density at radius 1 is 1.43 bits per heavy atom. The van der Waals surface area contributed by atoms with Crippen molar-refractivity contribution in [2.75, 3.05) is 19.6 Å². The van der Waals surface area contributed by atoms with E-state index in [1.807, 2.05) is 26.8 Å². The summed E-state index contributed by atoms with van der Waals surface area (Å²) in [7, 11) is 0. The maximum atomic E-state index is 13.0. The topological polar surface area (TPSA) is 41.6 Å². The Hall–Kier alpha value is -1.62. The van der Waals surface area contributed by atoms with Crippen LogP contribution in [0.4, 0.5) is 9.18 Å². The van der Waals surface area contributed by atoms with Crippen LogP contribution in [0.3, 0.4) is 0 Å². The molecule has 1 amide bonds. The quantitative estimate of drug-likeness (QED) is 0.928. The van der Waals surface area contributed by atoms with E-state index >= 15 is 0 Å². The molecule has 1 aromatic rings. The monoisotopic (exact) mass is 294 g/mol. The zero-order valence-electron chi connectivity index (χ0n) is 12.9. The normalized spacial score (nSPS) is 15.7. The zero-order valence-corrected chi connectivity index (χ0v) is 12.9. The van der Waals surface area contributed by atoms with Gasteiger partial charge in [0.2, 0.25) is 0 Å². The van der Waals surface area contributed by atoms with Gasteiger partial charge in [-0.2, -0.15) is 0 Å². The van der Waals surface area contributed by atoms with Gasteiger partial charge in [0.15, 0.2) is 0 Å². The average molecular weight is 294 g/mol. The highest BCUT2D eigenvalue weighted by Crippen LogP contribution is 2.19. The lowest BCUT2D eigenvalue weighted by molar-refractivity contribution is -0.000800. The molecule has 1 aromatic carbocycles. The number of rotatable bonds is 4. The SMILES string of the molecule is CC(C)(C)OC(=O)N1CC(CNCc2cccc(F)c2)C1. The number of carbonyl (C=O) groups excluding carboxylic acids is 1. The molecule has 1 N–H and O–H groups in total. The molecule has 0 saturated carbocycles. The van der Waals surface area contributed by atoms with Crippen LogP contribution < -0.4 is 5.32 Å². The molecule has 1 aliphatic heterocycles. The van der Waals surface area contributed by atoms with Crippen LogP contribution in [0.2, 0.25) is 0 Å². The number of nitrogens with one attached hydrogen (secondary N) is 1. The number of hydrogen-bond acceptors (Lipinski definition) is 3. The average Bonchev–Trinajstić information content (AvgIpc) is 2.29. The molecular weight excluding hydrogens is 271 g/mol. The maximum Gasteiger partial charge on any atom is 0.410 e. The van der Waals surface area contributed by atoms with Crippen molar-refractivity contribution in [1.29, 1.82) is 0 Å². The summed E-state index contributed by atoms with van der Waals surface area (Å²) in [6, 6.07) is 6.57. The van der Waals surface area contributed by atoms with Gasteiger partial charge >= 0.3 is 6.09 Å². The van der Waals surface area contributed by atoms with Crippen LogP contribution in [-0.2, 0) is 11.3 Å². The van der Waals surface area contributed by atoms with E-state index in [0.717, 1.165) is 12.1 Å². The molecule has 0 spiro atoms. The number of hydrogen-bond donors (Lipinski definition) is 1. The minimum Gasteiger partial charge on any atom is -0.444 e. The molecule has 116 valence electrons. The summed E-state index contributed by atoms with van der Waals surface area (Å²) < 4.78 is 18.3. The summed E-state index contributed by atoms with van der Waals surface area (Å²) in [6.45, 7) is 8.47. The Morgan fingerprint density at radius 2 is 2.14 bits per heavy atom. The fraction of sp³-hybridized carbons (Fsp3) is 0.562. The van der Waals surface area contributed by atoms with E-state index in [1.165, 1.54) is 12.1 Å². The summed E-state index contributed by atoms with van der Waals surface area (Å²) >= 11 is 0. The van der Waals surface area contributed by atoms with E-state index in [1.54, 1.807) is 11.0 Å². The summed E-state index contributed by atoms with van der Waals surface area (Å²) in [5, 5.41) is 3.29. The molecule has 4 nitrogen and oxygen atoms in total. The van der Waals surface area contributed by atoms with Gasteiger partial charge in [-0.3, -0.25) is 0 Å². The van der Waals surface area contributed by atoms with Crippen molar-refractivity contribution in [2.24, 2.45) is 5.92 Å². The molecule has 0 unspecified atom stereocenters. The summed E-state index contributed by atoms with van der Waals surface area (Å²) in [4.78, 5) is 13.5. The molecule has 1 saturated heterocycles. The minimum absolute atomic E-state index is 0.214. The van der Waals surface area contributed by atoms with Crippen molar-refractivity contribution in [1.82, 2.24) is 10.2 Å². The van der Waals surface area contributed by atoms with Gasteiger partial charge < -0.3 is 15.0 Å². The van der Waals surface area contributed by atoms with E-state index in [9.17, 15) is 9.18 Å². The Kier molecular flexibility index (Phi) is 4.83. The molecule has 1 aliphatic rings. The van der Waals surface area contributed by atoms with Crippen molar-refractivity contribution >= 4 is 6.09 Å². The van der Waals surface area contributed by atoms with E-state index in [2.05, 4.69) is 5.32 Å². The van der Waals surface area contributed by atoms with Crippen LogP contribution in [0.25, 0.3) is 0 Å². The van der Waals surface area contributed by atoms with Crippen LogP contribution >= 0.6 is 0 Å². The lowest BCUT2D eigenvalue weighted by Crippen LogP contribution is -2.54. The number of likely N-dealkylation sites (tertiary alicyclic amines) is 1. The fourth-order valence-corrected chi connectivity index (χ4v) is 2.24. The van der Waals surface area contributed by atoms with Crippen molar-refractivity contribution < 1.29 is 13.9 Å². The lowest BCUT2D eigenvalue weighted by atomic mass is 10.0. The largest absolute Gasteiger partial charge is 0.444 e. The van der Waals surface area contributed by atoms with Crippen LogP contribution in [0, 0.1) is 11.7 Å². The van der Waals surface area contributed by atoms with Crippen molar-refractivity contribution in [3.8, 4) is 0 Å². The van der Waals surface area contributed by atoms with Crippen LogP contribution in [-0.4, -0.2) is 36.2 Å². The number of amides is 1. The highest BCUT2D eigenvalue weighted by atomic mass is 19.1. The van der Waals surface area contributed by atoms with E-state index in [-0.39, 0.29) is 11.9 Å². The van der Waals surface area contributed by atoms with E-state index < -0.39 is 5.60 Å². The van der Waals surface area contributed by atoms with Gasteiger partial charge in [0.05, 0.1) is 0 Å². The molecule has 0 atom stereocenters. The number of carbonyl (C=O) groups is 1. The van der Waals surface area contributed by atoms with Crippen LogP contribution in [0.1, 0.15) is 26.3 Å². The first-order valence-corrected chi connectivity index (χ1v) is 7.26. The Balaban J connectivity index is 1.64. The molecule has 1 heterocycles. The van der Waals surface area contributed by atoms with Crippen molar-refractivity contribution in [2.45, 2.75) is 32.9 Å². The molecule has 0 bridgehead atoms. The highest BCUT2D eigenvalue weighted by molar-refractivity contribution is 5.69. The molecule has 0 aliphatic carbocycles. The molecule has 21 heavy (non-hydrogen) atoms. The fourth-order valence-electron chi connectivity index (χ4n) is 2.24. The zero-order chi connectivity index (χ0) is 15.5. The van der Waals surface area contributed by atoms with Gasteiger partial charge in [0, 0.05) is 32.1 Å². The number of nitrogens with zero attached hydrogens (tertiary/aromatic N) is 1. The van der Waals surface area contributed by atoms with Gasteiger partial charge in [-0.1, -0.05) is 12.1 Å². The van der Waals surface area contributed by atoms with E-state index in [0.29, 0.717) is 25.6 Å². The third kappa shape index (κ3) is 5.01.